The van der Waals surface area contributed by atoms with Gasteiger partial charge in [-0.1, -0.05) is 28.9 Å². The summed E-state index contributed by atoms with van der Waals surface area (Å²) in [6.45, 7) is 3.56. The molecule has 0 aliphatic heterocycles. The number of halogens is 1. The minimum absolute atomic E-state index is 0.190. The van der Waals surface area contributed by atoms with E-state index in [0.29, 0.717) is 27.7 Å². The molecule has 2 amide bonds. The highest BCUT2D eigenvalue weighted by atomic mass is 35.5. The van der Waals surface area contributed by atoms with Gasteiger partial charge in [0.2, 0.25) is 0 Å². The molecule has 0 saturated heterocycles. The van der Waals surface area contributed by atoms with Gasteiger partial charge in [0, 0.05) is 28.0 Å². The van der Waals surface area contributed by atoms with E-state index in [-0.39, 0.29) is 17.5 Å². The van der Waals surface area contributed by atoms with Crippen molar-refractivity contribution in [3.05, 3.63) is 76.1 Å². The number of benzene rings is 2. The third-order valence-electron chi connectivity index (χ3n) is 3.69. The van der Waals surface area contributed by atoms with Crippen LogP contribution in [-0.2, 0) is 0 Å². The van der Waals surface area contributed by atoms with Crippen LogP contribution < -0.4 is 10.6 Å². The number of anilines is 2. The van der Waals surface area contributed by atoms with Crippen LogP contribution in [0.2, 0.25) is 5.02 Å². The first-order valence-corrected chi connectivity index (χ1v) is 8.22. The van der Waals surface area contributed by atoms with Gasteiger partial charge in [0.15, 0.2) is 5.69 Å². The average Bonchev–Trinajstić information content (AvgIpc) is 3.04. The zero-order valence-corrected chi connectivity index (χ0v) is 14.9. The third-order valence-corrected chi connectivity index (χ3v) is 3.93. The van der Waals surface area contributed by atoms with Crippen molar-refractivity contribution in [3.8, 4) is 0 Å². The Balaban J connectivity index is 1.77. The van der Waals surface area contributed by atoms with Crippen LogP contribution in [-0.4, -0.2) is 17.0 Å². The van der Waals surface area contributed by atoms with Crippen LogP contribution in [0.5, 0.6) is 0 Å². The SMILES string of the molecule is Cc1cc(C(=O)Nc2cc(NC(=O)c3cccc(Cl)c3)ccc2C)no1. The largest absolute Gasteiger partial charge is 0.361 e. The molecule has 3 aromatic rings. The molecule has 0 aliphatic rings. The van der Waals surface area contributed by atoms with Crippen molar-refractivity contribution < 1.29 is 14.1 Å². The smallest absolute Gasteiger partial charge is 0.277 e. The van der Waals surface area contributed by atoms with Crippen molar-refractivity contribution in [1.29, 1.82) is 0 Å². The normalized spacial score (nSPS) is 10.4. The quantitative estimate of drug-likeness (QED) is 0.711. The van der Waals surface area contributed by atoms with Crippen LogP contribution in [0.1, 0.15) is 32.2 Å². The first-order chi connectivity index (χ1) is 12.4. The van der Waals surface area contributed by atoms with E-state index in [1.807, 2.05) is 6.92 Å². The van der Waals surface area contributed by atoms with E-state index in [1.165, 1.54) is 0 Å². The first-order valence-electron chi connectivity index (χ1n) is 7.84. The molecule has 1 heterocycles. The number of aromatic nitrogens is 1. The number of hydrogen-bond acceptors (Lipinski definition) is 4. The van der Waals surface area contributed by atoms with Crippen LogP contribution in [0.3, 0.4) is 0 Å². The van der Waals surface area contributed by atoms with Gasteiger partial charge in [0.05, 0.1) is 0 Å². The topological polar surface area (TPSA) is 84.2 Å². The Morgan fingerprint density at radius 1 is 1.00 bits per heavy atom. The number of rotatable bonds is 4. The molecule has 132 valence electrons. The van der Waals surface area contributed by atoms with Crippen LogP contribution in [0.4, 0.5) is 11.4 Å². The lowest BCUT2D eigenvalue weighted by molar-refractivity contribution is 0.101. The van der Waals surface area contributed by atoms with Gasteiger partial charge in [0.1, 0.15) is 5.76 Å². The molecule has 0 saturated carbocycles. The van der Waals surface area contributed by atoms with Crippen LogP contribution in [0.15, 0.2) is 53.1 Å². The Morgan fingerprint density at radius 2 is 1.81 bits per heavy atom. The number of nitrogens with zero attached hydrogens (tertiary/aromatic N) is 1. The molecule has 3 rings (SSSR count). The molecule has 6 nitrogen and oxygen atoms in total. The molecule has 0 unspecified atom stereocenters. The van der Waals surface area contributed by atoms with Gasteiger partial charge < -0.3 is 15.2 Å². The van der Waals surface area contributed by atoms with E-state index in [4.69, 9.17) is 16.1 Å². The molecule has 0 radical (unpaired) electrons. The average molecular weight is 370 g/mol. The Bertz CT molecular complexity index is 982. The standard InChI is InChI=1S/C19H16ClN3O3/c1-11-6-7-15(21-18(24)13-4-3-5-14(20)9-13)10-16(11)22-19(25)17-8-12(2)26-23-17/h3-10H,1-2H3,(H,21,24)(H,22,25). The van der Waals surface area contributed by atoms with Gasteiger partial charge >= 0.3 is 0 Å². The van der Waals surface area contributed by atoms with Crippen LogP contribution in [0, 0.1) is 13.8 Å². The zero-order valence-electron chi connectivity index (χ0n) is 14.2. The summed E-state index contributed by atoms with van der Waals surface area (Å²) in [5.41, 5.74) is 2.60. The molecule has 0 atom stereocenters. The van der Waals surface area contributed by atoms with Gasteiger partial charge in [-0.2, -0.15) is 0 Å². The Kier molecular flexibility index (Phi) is 5.04. The highest BCUT2D eigenvalue weighted by molar-refractivity contribution is 6.31. The lowest BCUT2D eigenvalue weighted by atomic mass is 10.1. The maximum absolute atomic E-state index is 12.3. The molecule has 2 aromatic carbocycles. The minimum Gasteiger partial charge on any atom is -0.361 e. The number of hydrogen-bond donors (Lipinski definition) is 2. The number of carbonyl (C=O) groups excluding carboxylic acids is 2. The fourth-order valence-corrected chi connectivity index (χ4v) is 2.52. The second-order valence-electron chi connectivity index (χ2n) is 5.77. The number of carbonyl (C=O) groups is 2. The molecule has 0 fully saturated rings. The van der Waals surface area contributed by atoms with E-state index in [2.05, 4.69) is 15.8 Å². The summed E-state index contributed by atoms with van der Waals surface area (Å²) in [5, 5.41) is 9.73. The monoisotopic (exact) mass is 369 g/mol. The van der Waals surface area contributed by atoms with Gasteiger partial charge in [0.25, 0.3) is 11.8 Å². The summed E-state index contributed by atoms with van der Waals surface area (Å²) in [4.78, 5) is 24.6. The molecule has 7 heteroatoms. The molecule has 0 spiro atoms. The van der Waals surface area contributed by atoms with Crippen molar-refractivity contribution in [2.45, 2.75) is 13.8 Å². The lowest BCUT2D eigenvalue weighted by Crippen LogP contribution is -2.15. The Morgan fingerprint density at radius 3 is 2.50 bits per heavy atom. The zero-order chi connectivity index (χ0) is 18.7. The van der Waals surface area contributed by atoms with E-state index in [9.17, 15) is 9.59 Å². The molecular formula is C19H16ClN3O3. The maximum atomic E-state index is 12.3. The summed E-state index contributed by atoms with van der Waals surface area (Å²) in [6.07, 6.45) is 0. The predicted molar refractivity (Wildman–Crippen MR) is 99.8 cm³/mol. The lowest BCUT2D eigenvalue weighted by Gasteiger charge is -2.11. The number of nitrogens with one attached hydrogen (secondary N) is 2. The summed E-state index contributed by atoms with van der Waals surface area (Å²) < 4.78 is 4.91. The van der Waals surface area contributed by atoms with E-state index in [1.54, 1.807) is 55.5 Å². The number of amides is 2. The molecule has 1 aromatic heterocycles. The van der Waals surface area contributed by atoms with Crippen molar-refractivity contribution >= 4 is 34.8 Å². The van der Waals surface area contributed by atoms with E-state index < -0.39 is 0 Å². The Labute approximate surface area is 155 Å². The van der Waals surface area contributed by atoms with E-state index in [0.717, 1.165) is 5.56 Å². The minimum atomic E-state index is -0.386. The third kappa shape index (κ3) is 4.10. The summed E-state index contributed by atoms with van der Waals surface area (Å²) >= 11 is 5.91. The summed E-state index contributed by atoms with van der Waals surface area (Å²) in [6, 6.07) is 13.5. The van der Waals surface area contributed by atoms with Crippen molar-refractivity contribution in [2.75, 3.05) is 10.6 Å². The Hall–Kier alpha value is -3.12. The number of aryl methyl sites for hydroxylation is 2. The second-order valence-corrected chi connectivity index (χ2v) is 6.21. The second kappa shape index (κ2) is 7.41. The van der Waals surface area contributed by atoms with Gasteiger partial charge in [-0.05, 0) is 49.7 Å². The predicted octanol–water partition coefficient (Wildman–Crippen LogP) is 4.45. The van der Waals surface area contributed by atoms with Crippen LogP contribution in [0.25, 0.3) is 0 Å². The van der Waals surface area contributed by atoms with Crippen molar-refractivity contribution in [1.82, 2.24) is 5.16 Å². The van der Waals surface area contributed by atoms with Gasteiger partial charge in [-0.15, -0.1) is 0 Å². The highest BCUT2D eigenvalue weighted by Crippen LogP contribution is 2.22. The van der Waals surface area contributed by atoms with Crippen LogP contribution >= 0.6 is 11.6 Å². The highest BCUT2D eigenvalue weighted by Gasteiger charge is 2.13. The fraction of sp³-hybridized carbons (Fsp3) is 0.105. The van der Waals surface area contributed by atoms with Crippen molar-refractivity contribution in [3.63, 3.8) is 0 Å². The first kappa shape index (κ1) is 17.7. The molecule has 0 aliphatic carbocycles. The van der Waals surface area contributed by atoms with E-state index >= 15 is 0 Å². The summed E-state index contributed by atoms with van der Waals surface area (Å²) in [7, 11) is 0. The van der Waals surface area contributed by atoms with Crippen molar-refractivity contribution in [2.24, 2.45) is 0 Å². The maximum Gasteiger partial charge on any atom is 0.277 e. The molecule has 0 bridgehead atoms. The fourth-order valence-electron chi connectivity index (χ4n) is 2.33. The van der Waals surface area contributed by atoms with Gasteiger partial charge in [-0.3, -0.25) is 9.59 Å². The molecule has 26 heavy (non-hydrogen) atoms. The summed E-state index contributed by atoms with van der Waals surface area (Å²) in [5.74, 6) is -0.126. The van der Waals surface area contributed by atoms with Gasteiger partial charge in [-0.25, -0.2) is 0 Å². The molecule has 2 N–H and O–H groups in total. The molecular weight excluding hydrogens is 354 g/mol.